The molecule has 0 unspecified atom stereocenters. The SMILES string of the molecule is Cc1nc(-c2ccc3c(c2)nc(CN2CCC(c4cccc5c4O[C@@](C)(c4ccc(C#N)cc4F)O5)CC2)n3C[C@@H]2CCO2)n[nH]1. The second kappa shape index (κ2) is 11.2. The fourth-order valence-corrected chi connectivity index (χ4v) is 6.88. The Morgan fingerprint density at radius 1 is 1.07 bits per heavy atom. The van der Waals surface area contributed by atoms with Gasteiger partial charge in [-0.15, -0.1) is 0 Å². The van der Waals surface area contributed by atoms with Crippen LogP contribution in [0.5, 0.6) is 11.5 Å². The van der Waals surface area contributed by atoms with Gasteiger partial charge in [-0.05, 0) is 87.7 Å². The lowest BCUT2D eigenvalue weighted by atomic mass is 9.88. The normalized spacial score (nSPS) is 21.4. The first-order chi connectivity index (χ1) is 22.4. The van der Waals surface area contributed by atoms with E-state index < -0.39 is 11.6 Å². The fourth-order valence-electron chi connectivity index (χ4n) is 6.88. The molecule has 8 rings (SSSR count). The second-order valence-electron chi connectivity index (χ2n) is 12.5. The summed E-state index contributed by atoms with van der Waals surface area (Å²) in [4.78, 5) is 12.1. The van der Waals surface area contributed by atoms with Crippen LogP contribution in [0.2, 0.25) is 0 Å². The van der Waals surface area contributed by atoms with Crippen LogP contribution >= 0.6 is 0 Å². The van der Waals surface area contributed by atoms with Gasteiger partial charge in [0.15, 0.2) is 17.3 Å². The molecule has 0 amide bonds. The molecule has 0 spiro atoms. The number of aryl methyl sites for hydroxylation is 1. The fraction of sp³-hybridized carbons (Fsp3) is 0.371. The van der Waals surface area contributed by atoms with Crippen LogP contribution in [-0.4, -0.2) is 55.4 Å². The molecule has 234 valence electrons. The molecule has 2 fully saturated rings. The van der Waals surface area contributed by atoms with Gasteiger partial charge < -0.3 is 18.8 Å². The number of rotatable bonds is 7. The zero-order chi connectivity index (χ0) is 31.4. The van der Waals surface area contributed by atoms with E-state index in [-0.39, 0.29) is 23.1 Å². The highest BCUT2D eigenvalue weighted by Crippen LogP contribution is 2.49. The number of H-pyrrole nitrogens is 1. The highest BCUT2D eigenvalue weighted by molar-refractivity contribution is 5.81. The number of aromatic nitrogens is 5. The number of para-hydroxylation sites is 1. The number of likely N-dealkylation sites (tertiary alicyclic amines) is 1. The molecule has 2 aromatic heterocycles. The van der Waals surface area contributed by atoms with Crippen molar-refractivity contribution in [3.63, 3.8) is 0 Å². The first-order valence-electron chi connectivity index (χ1n) is 15.8. The molecule has 0 radical (unpaired) electrons. The van der Waals surface area contributed by atoms with Gasteiger partial charge in [-0.1, -0.05) is 12.1 Å². The van der Waals surface area contributed by atoms with Gasteiger partial charge in [0.2, 0.25) is 0 Å². The molecule has 10 nitrogen and oxygen atoms in total. The maximum Gasteiger partial charge on any atom is 0.278 e. The van der Waals surface area contributed by atoms with E-state index in [1.54, 1.807) is 19.1 Å². The summed E-state index contributed by atoms with van der Waals surface area (Å²) in [6, 6.07) is 18.5. The molecule has 0 aliphatic carbocycles. The van der Waals surface area contributed by atoms with E-state index in [1.165, 1.54) is 6.07 Å². The van der Waals surface area contributed by atoms with E-state index in [4.69, 9.17) is 24.5 Å². The number of hydrogen-bond donors (Lipinski definition) is 1. The molecule has 2 atom stereocenters. The maximum atomic E-state index is 15.0. The van der Waals surface area contributed by atoms with Crippen molar-refractivity contribution in [1.29, 1.82) is 5.26 Å². The van der Waals surface area contributed by atoms with Crippen LogP contribution in [0.4, 0.5) is 4.39 Å². The summed E-state index contributed by atoms with van der Waals surface area (Å²) in [6.45, 7) is 7.77. The number of hydrogen-bond acceptors (Lipinski definition) is 8. The van der Waals surface area contributed by atoms with Gasteiger partial charge in [-0.2, -0.15) is 10.4 Å². The Hall–Kier alpha value is -4.79. The van der Waals surface area contributed by atoms with Crippen molar-refractivity contribution < 1.29 is 18.6 Å². The Bertz CT molecular complexity index is 1990. The third-order valence-corrected chi connectivity index (χ3v) is 9.45. The summed E-state index contributed by atoms with van der Waals surface area (Å²) in [7, 11) is 0. The first kappa shape index (κ1) is 28.7. The molecular formula is C35H34FN7O3. The van der Waals surface area contributed by atoms with Gasteiger partial charge in [-0.3, -0.25) is 10.00 Å². The van der Waals surface area contributed by atoms with Crippen molar-refractivity contribution >= 4 is 11.0 Å². The van der Waals surface area contributed by atoms with Crippen molar-refractivity contribution in [3.05, 3.63) is 88.8 Å². The molecule has 0 bridgehead atoms. The summed E-state index contributed by atoms with van der Waals surface area (Å²) >= 11 is 0. The minimum Gasteiger partial charge on any atom is -0.444 e. The lowest BCUT2D eigenvalue weighted by Crippen LogP contribution is -2.35. The maximum absolute atomic E-state index is 15.0. The number of halogens is 1. The highest BCUT2D eigenvalue weighted by atomic mass is 19.1. The summed E-state index contributed by atoms with van der Waals surface area (Å²) in [5, 5.41) is 16.4. The molecule has 5 aromatic rings. The summed E-state index contributed by atoms with van der Waals surface area (Å²) in [5.74, 6) is 2.20. The highest BCUT2D eigenvalue weighted by Gasteiger charge is 2.43. The number of nitriles is 1. The molecule has 1 N–H and O–H groups in total. The van der Waals surface area contributed by atoms with Gasteiger partial charge >= 0.3 is 0 Å². The van der Waals surface area contributed by atoms with Crippen LogP contribution in [0.3, 0.4) is 0 Å². The van der Waals surface area contributed by atoms with E-state index in [0.717, 1.165) is 85.9 Å². The molecule has 3 aromatic carbocycles. The molecule has 11 heteroatoms. The largest absolute Gasteiger partial charge is 0.444 e. The van der Waals surface area contributed by atoms with Crippen molar-refractivity contribution in [1.82, 2.24) is 29.6 Å². The predicted octanol–water partition coefficient (Wildman–Crippen LogP) is 5.95. The van der Waals surface area contributed by atoms with Crippen LogP contribution < -0.4 is 9.47 Å². The number of imidazole rings is 1. The molecule has 46 heavy (non-hydrogen) atoms. The number of ether oxygens (including phenoxy) is 3. The molecule has 3 aliphatic rings. The van der Waals surface area contributed by atoms with E-state index in [9.17, 15) is 4.39 Å². The molecule has 0 saturated carbocycles. The number of benzene rings is 3. The Balaban J connectivity index is 0.997. The van der Waals surface area contributed by atoms with Gasteiger partial charge in [0.25, 0.3) is 5.79 Å². The van der Waals surface area contributed by atoms with Gasteiger partial charge in [0, 0.05) is 24.7 Å². The van der Waals surface area contributed by atoms with Gasteiger partial charge in [-0.25, -0.2) is 14.4 Å². The second-order valence-corrected chi connectivity index (χ2v) is 12.5. The van der Waals surface area contributed by atoms with Crippen LogP contribution in [0.1, 0.15) is 60.4 Å². The Labute approximate surface area is 265 Å². The summed E-state index contributed by atoms with van der Waals surface area (Å²) in [5.41, 5.74) is 4.57. The standard InChI is InChI=1S/C35H34FN7O3/c1-21-38-34(41-40-21)24-7-9-30-29(17-24)39-32(43(30)19-25-12-15-44-25)20-42-13-10-23(11-14-42)26-4-3-5-31-33(26)46-35(2,45-31)27-8-6-22(18-37)16-28(27)36/h3-9,16-17,23,25H,10-15,19-20H2,1-2H3,(H,38,40,41)/t25-,35-/m0/s1. The average molecular weight is 620 g/mol. The third-order valence-electron chi connectivity index (χ3n) is 9.45. The summed E-state index contributed by atoms with van der Waals surface area (Å²) in [6.07, 6.45) is 3.16. The first-order valence-corrected chi connectivity index (χ1v) is 15.8. The summed E-state index contributed by atoms with van der Waals surface area (Å²) < 4.78 is 35.7. The van der Waals surface area contributed by atoms with E-state index in [2.05, 4.69) is 48.9 Å². The smallest absolute Gasteiger partial charge is 0.278 e. The predicted molar refractivity (Wildman–Crippen MR) is 168 cm³/mol. The molecule has 2 saturated heterocycles. The number of fused-ring (bicyclic) bond motifs is 2. The van der Waals surface area contributed by atoms with Crippen LogP contribution in [0, 0.1) is 24.1 Å². The van der Waals surface area contributed by atoms with E-state index >= 15 is 0 Å². The number of piperidine rings is 1. The van der Waals surface area contributed by atoms with Gasteiger partial charge in [0.1, 0.15) is 17.5 Å². The number of aromatic amines is 1. The lowest BCUT2D eigenvalue weighted by Gasteiger charge is -2.33. The Morgan fingerprint density at radius 3 is 2.63 bits per heavy atom. The van der Waals surface area contributed by atoms with Crippen molar-refractivity contribution in [3.8, 4) is 29.0 Å². The topological polar surface area (TPSA) is 114 Å². The quantitative estimate of drug-likeness (QED) is 0.238. The number of nitrogens with one attached hydrogen (secondary N) is 1. The van der Waals surface area contributed by atoms with Crippen molar-refractivity contribution in [2.75, 3.05) is 19.7 Å². The Kier molecular flexibility index (Phi) is 7.00. The molecular weight excluding hydrogens is 585 g/mol. The molecule has 5 heterocycles. The third kappa shape index (κ3) is 5.07. The van der Waals surface area contributed by atoms with Crippen LogP contribution in [-0.2, 0) is 23.6 Å². The van der Waals surface area contributed by atoms with Crippen LogP contribution in [0.25, 0.3) is 22.4 Å². The average Bonchev–Trinajstić information content (AvgIpc) is 3.73. The minimum absolute atomic E-state index is 0.211. The van der Waals surface area contributed by atoms with Crippen molar-refractivity contribution in [2.45, 2.75) is 64.0 Å². The van der Waals surface area contributed by atoms with Crippen LogP contribution in [0.15, 0.2) is 54.6 Å². The van der Waals surface area contributed by atoms with Crippen molar-refractivity contribution in [2.24, 2.45) is 0 Å². The van der Waals surface area contributed by atoms with E-state index in [1.807, 2.05) is 25.1 Å². The zero-order valence-electron chi connectivity index (χ0n) is 25.8. The monoisotopic (exact) mass is 619 g/mol. The van der Waals surface area contributed by atoms with Gasteiger partial charge in [0.05, 0.1) is 47.4 Å². The Morgan fingerprint density at radius 2 is 1.91 bits per heavy atom. The zero-order valence-corrected chi connectivity index (χ0v) is 25.8. The molecule has 3 aliphatic heterocycles. The minimum atomic E-state index is -1.31. The number of nitrogens with zero attached hydrogens (tertiary/aromatic N) is 6. The lowest BCUT2D eigenvalue weighted by molar-refractivity contribution is -0.0712. The van der Waals surface area contributed by atoms with E-state index in [0.29, 0.717) is 17.3 Å².